The molecule has 2 N–H and O–H groups in total. The van der Waals surface area contributed by atoms with E-state index in [1.54, 1.807) is 11.8 Å². The fourth-order valence-electron chi connectivity index (χ4n) is 2.23. The van der Waals surface area contributed by atoms with E-state index in [0.717, 1.165) is 26.2 Å². The first-order valence-electron chi connectivity index (χ1n) is 7.09. The lowest BCUT2D eigenvalue weighted by molar-refractivity contribution is -0.136. The Labute approximate surface area is 115 Å². The fraction of sp³-hybridized carbons (Fsp3) is 0.846. The van der Waals surface area contributed by atoms with Crippen molar-refractivity contribution < 1.29 is 9.59 Å². The van der Waals surface area contributed by atoms with E-state index >= 15 is 0 Å². The summed E-state index contributed by atoms with van der Waals surface area (Å²) in [6.07, 6.45) is 0. The lowest BCUT2D eigenvalue weighted by atomic mass is 10.2. The van der Waals surface area contributed by atoms with Crippen molar-refractivity contribution in [3.05, 3.63) is 0 Å². The number of nitrogens with zero attached hydrogens (tertiary/aromatic N) is 2. The quantitative estimate of drug-likeness (QED) is 0.667. The number of nitrogens with one attached hydrogen (secondary N) is 2. The molecule has 0 aliphatic carbocycles. The summed E-state index contributed by atoms with van der Waals surface area (Å²) in [7, 11) is 0. The second-order valence-electron chi connectivity index (χ2n) is 4.83. The number of carbonyl (C=O) groups is 2. The van der Waals surface area contributed by atoms with Crippen LogP contribution in [0, 0.1) is 0 Å². The van der Waals surface area contributed by atoms with Crippen LogP contribution in [0.15, 0.2) is 0 Å². The Kier molecular flexibility index (Phi) is 6.80. The van der Waals surface area contributed by atoms with Gasteiger partial charge in [0.1, 0.15) is 6.04 Å². The average Bonchev–Trinajstić information content (AvgIpc) is 2.40. The van der Waals surface area contributed by atoms with Crippen LogP contribution in [-0.4, -0.2) is 73.5 Å². The SMILES string of the molecule is CCN(CC)C(=O)C(C)NC(=O)CN1CCNCC1. The van der Waals surface area contributed by atoms with E-state index in [9.17, 15) is 9.59 Å². The summed E-state index contributed by atoms with van der Waals surface area (Å²) < 4.78 is 0. The molecule has 0 aromatic carbocycles. The second kappa shape index (κ2) is 8.12. The van der Waals surface area contributed by atoms with Gasteiger partial charge in [-0.05, 0) is 20.8 Å². The van der Waals surface area contributed by atoms with E-state index in [2.05, 4.69) is 15.5 Å². The normalized spacial score (nSPS) is 17.8. The number of hydrogen-bond donors (Lipinski definition) is 2. The molecule has 0 aromatic rings. The topological polar surface area (TPSA) is 64.7 Å². The number of carbonyl (C=O) groups excluding carboxylic acids is 2. The minimum Gasteiger partial charge on any atom is -0.343 e. The second-order valence-corrected chi connectivity index (χ2v) is 4.83. The molecule has 0 saturated carbocycles. The van der Waals surface area contributed by atoms with Gasteiger partial charge in [0.15, 0.2) is 0 Å². The summed E-state index contributed by atoms with van der Waals surface area (Å²) in [5, 5.41) is 6.03. The maximum absolute atomic E-state index is 12.0. The molecule has 6 nitrogen and oxygen atoms in total. The molecule has 1 rings (SSSR count). The summed E-state index contributed by atoms with van der Waals surface area (Å²) in [5.41, 5.74) is 0. The Morgan fingerprint density at radius 1 is 1.26 bits per heavy atom. The summed E-state index contributed by atoms with van der Waals surface area (Å²) >= 11 is 0. The van der Waals surface area contributed by atoms with Gasteiger partial charge >= 0.3 is 0 Å². The van der Waals surface area contributed by atoms with Crippen molar-refractivity contribution in [1.29, 1.82) is 0 Å². The van der Waals surface area contributed by atoms with Gasteiger partial charge in [-0.15, -0.1) is 0 Å². The molecular weight excluding hydrogens is 244 g/mol. The van der Waals surface area contributed by atoms with E-state index in [1.165, 1.54) is 0 Å². The number of piperazine rings is 1. The van der Waals surface area contributed by atoms with Crippen LogP contribution in [0.25, 0.3) is 0 Å². The van der Waals surface area contributed by atoms with E-state index in [1.807, 2.05) is 13.8 Å². The summed E-state index contributed by atoms with van der Waals surface area (Å²) in [6, 6.07) is -0.449. The molecule has 6 heteroatoms. The third-order valence-electron chi connectivity index (χ3n) is 3.40. The number of hydrogen-bond acceptors (Lipinski definition) is 4. The molecule has 19 heavy (non-hydrogen) atoms. The predicted octanol–water partition coefficient (Wildman–Crippen LogP) is -0.735. The highest BCUT2D eigenvalue weighted by Gasteiger charge is 2.21. The van der Waals surface area contributed by atoms with Crippen LogP contribution in [0.2, 0.25) is 0 Å². The average molecular weight is 270 g/mol. The van der Waals surface area contributed by atoms with Crippen molar-refractivity contribution in [2.75, 3.05) is 45.8 Å². The minimum atomic E-state index is -0.449. The highest BCUT2D eigenvalue weighted by molar-refractivity contribution is 5.88. The Morgan fingerprint density at radius 2 is 1.84 bits per heavy atom. The maximum Gasteiger partial charge on any atom is 0.244 e. The van der Waals surface area contributed by atoms with E-state index in [-0.39, 0.29) is 11.8 Å². The molecule has 1 unspecified atom stereocenters. The molecule has 1 aliphatic rings. The van der Waals surface area contributed by atoms with Gasteiger partial charge in [-0.2, -0.15) is 0 Å². The van der Waals surface area contributed by atoms with Gasteiger partial charge in [0, 0.05) is 39.3 Å². The molecule has 1 saturated heterocycles. The first-order chi connectivity index (χ1) is 9.08. The van der Waals surface area contributed by atoms with Crippen molar-refractivity contribution >= 4 is 11.8 Å². The summed E-state index contributed by atoms with van der Waals surface area (Å²) in [5.74, 6) is -0.0893. The van der Waals surface area contributed by atoms with Crippen LogP contribution < -0.4 is 10.6 Å². The van der Waals surface area contributed by atoms with E-state index in [4.69, 9.17) is 0 Å². The van der Waals surface area contributed by atoms with Crippen molar-refractivity contribution in [2.24, 2.45) is 0 Å². The lowest BCUT2D eigenvalue weighted by Gasteiger charge is -2.28. The third kappa shape index (κ3) is 5.16. The van der Waals surface area contributed by atoms with Crippen molar-refractivity contribution in [1.82, 2.24) is 20.4 Å². The molecule has 2 amide bonds. The predicted molar refractivity (Wildman–Crippen MR) is 74.8 cm³/mol. The molecule has 0 spiro atoms. The summed E-state index contributed by atoms with van der Waals surface area (Å²) in [6.45, 7) is 10.9. The first-order valence-corrected chi connectivity index (χ1v) is 7.09. The largest absolute Gasteiger partial charge is 0.343 e. The van der Waals surface area contributed by atoms with Crippen LogP contribution in [0.5, 0.6) is 0 Å². The Morgan fingerprint density at radius 3 is 2.37 bits per heavy atom. The third-order valence-corrected chi connectivity index (χ3v) is 3.40. The molecule has 0 radical (unpaired) electrons. The van der Waals surface area contributed by atoms with Crippen LogP contribution in [0.3, 0.4) is 0 Å². The highest BCUT2D eigenvalue weighted by Crippen LogP contribution is 1.96. The summed E-state index contributed by atoms with van der Waals surface area (Å²) in [4.78, 5) is 27.7. The standard InChI is InChI=1S/C13H26N4O2/c1-4-17(5-2)13(19)11(3)15-12(18)10-16-8-6-14-7-9-16/h11,14H,4-10H2,1-3H3,(H,15,18). The molecule has 0 aromatic heterocycles. The molecule has 1 atom stereocenters. The Hall–Kier alpha value is -1.14. The van der Waals surface area contributed by atoms with Crippen LogP contribution in [-0.2, 0) is 9.59 Å². The van der Waals surface area contributed by atoms with Crippen LogP contribution in [0.1, 0.15) is 20.8 Å². The van der Waals surface area contributed by atoms with Gasteiger partial charge < -0.3 is 15.5 Å². The molecule has 1 fully saturated rings. The van der Waals surface area contributed by atoms with Crippen LogP contribution in [0.4, 0.5) is 0 Å². The zero-order valence-electron chi connectivity index (χ0n) is 12.2. The Balaban J connectivity index is 2.36. The van der Waals surface area contributed by atoms with E-state index < -0.39 is 6.04 Å². The minimum absolute atomic E-state index is 0.0151. The van der Waals surface area contributed by atoms with E-state index in [0.29, 0.717) is 19.6 Å². The number of rotatable bonds is 6. The molecule has 0 bridgehead atoms. The van der Waals surface area contributed by atoms with Crippen molar-refractivity contribution in [3.63, 3.8) is 0 Å². The smallest absolute Gasteiger partial charge is 0.244 e. The fourth-order valence-corrected chi connectivity index (χ4v) is 2.23. The van der Waals surface area contributed by atoms with Gasteiger partial charge in [-0.1, -0.05) is 0 Å². The monoisotopic (exact) mass is 270 g/mol. The molecule has 1 aliphatic heterocycles. The van der Waals surface area contributed by atoms with Crippen molar-refractivity contribution in [2.45, 2.75) is 26.8 Å². The zero-order chi connectivity index (χ0) is 14.3. The van der Waals surface area contributed by atoms with Gasteiger partial charge in [0.2, 0.25) is 11.8 Å². The van der Waals surface area contributed by atoms with Crippen molar-refractivity contribution in [3.8, 4) is 0 Å². The molecular formula is C13H26N4O2. The first kappa shape index (κ1) is 15.9. The Bertz CT molecular complexity index is 299. The zero-order valence-corrected chi connectivity index (χ0v) is 12.2. The number of amides is 2. The van der Waals surface area contributed by atoms with Gasteiger partial charge in [-0.3, -0.25) is 14.5 Å². The van der Waals surface area contributed by atoms with Gasteiger partial charge in [0.05, 0.1) is 6.54 Å². The lowest BCUT2D eigenvalue weighted by Crippen LogP contribution is -2.51. The van der Waals surface area contributed by atoms with Gasteiger partial charge in [-0.25, -0.2) is 0 Å². The highest BCUT2D eigenvalue weighted by atomic mass is 16.2. The van der Waals surface area contributed by atoms with Crippen LogP contribution >= 0.6 is 0 Å². The molecule has 1 heterocycles. The maximum atomic E-state index is 12.0. The van der Waals surface area contributed by atoms with Gasteiger partial charge in [0.25, 0.3) is 0 Å². The molecule has 110 valence electrons. The number of likely N-dealkylation sites (N-methyl/N-ethyl adjacent to an activating group) is 1.